The fourth-order valence-electron chi connectivity index (χ4n) is 20.4. The second-order valence-corrected chi connectivity index (χ2v) is 41.0. The summed E-state index contributed by atoms with van der Waals surface area (Å²) in [5, 5.41) is 103. The lowest BCUT2D eigenvalue weighted by Gasteiger charge is -2.46. The van der Waals surface area contributed by atoms with Crippen LogP contribution in [0.3, 0.4) is 0 Å². The van der Waals surface area contributed by atoms with Crippen molar-refractivity contribution in [2.75, 3.05) is 119 Å². The summed E-state index contributed by atoms with van der Waals surface area (Å²) in [5.74, 6) is -2.61. The van der Waals surface area contributed by atoms with Gasteiger partial charge in [0.05, 0.1) is 138 Å². The average molecular weight is 2080 g/mol. The number of amides is 7. The van der Waals surface area contributed by atoms with Gasteiger partial charge < -0.3 is 124 Å². The number of hydrogen-bond acceptors (Lipinski definition) is 31. The van der Waals surface area contributed by atoms with Crippen LogP contribution in [0.2, 0.25) is 0 Å². The Morgan fingerprint density at radius 3 is 1.90 bits per heavy atom. The van der Waals surface area contributed by atoms with Gasteiger partial charge in [0.15, 0.2) is 24.1 Å². The van der Waals surface area contributed by atoms with Crippen molar-refractivity contribution >= 4 is 70.2 Å². The van der Waals surface area contributed by atoms with Gasteiger partial charge in [0.2, 0.25) is 41.4 Å². The molecule has 0 radical (unpaired) electrons. The van der Waals surface area contributed by atoms with Crippen molar-refractivity contribution in [3.8, 4) is 11.8 Å². The minimum atomic E-state index is -1.86. The number of carbonyl (C=O) groups is 11. The zero-order chi connectivity index (χ0) is 108. The number of methoxy groups -OCH3 is 2. The summed E-state index contributed by atoms with van der Waals surface area (Å²) >= 11 is 0. The van der Waals surface area contributed by atoms with E-state index in [0.29, 0.717) is 113 Å². The number of rotatable bonds is 62. The van der Waals surface area contributed by atoms with E-state index in [0.717, 1.165) is 23.1 Å². The normalized spacial score (nSPS) is 22.9. The predicted molar refractivity (Wildman–Crippen MR) is 544 cm³/mol. The Hall–Kier alpha value is -9.39. The molecule has 0 bridgehead atoms. The highest BCUT2D eigenvalue weighted by Gasteiger charge is 2.53. The molecule has 148 heavy (non-hydrogen) atoms. The van der Waals surface area contributed by atoms with E-state index in [4.69, 9.17) is 47.4 Å². The SMILES string of the molecule is CC[C@H](C)[C@@H]([C@@H](CC(=O)N1CCC[C@H]1[C@H](OC)[C@@H](C)C(=O)N[C@H](C)[C@@H](O)c1ccccc1)OC)N(C)C(=O)[C@@H](CC(=O)[C@H](C(C)C)N(C)C(=O)[C@H](C)CC(=O)[C@@H](NC(=O)[C@@H](CCCCNC(=O)COC1CCCCCc2c1nnn2[C@H]1O[C@H](CO)[C@@H](O[C@H]2O[C@H](CO)[C@@H](O)[C@H](O)[C@H]2O)[C@H](O)[C@H]1O)CC(=O)CCOCCOCCOCCOCCCC(=O)CCC(=O)N1Cc2ccccc2C#Cc2ccccc21)C(C)C)C(C)C. The lowest BCUT2D eigenvalue weighted by atomic mass is 9.83. The predicted octanol–water partition coefficient (Wildman–Crippen LogP) is 6.25. The number of nitrogens with one attached hydrogen (secondary N) is 3. The number of anilines is 1. The van der Waals surface area contributed by atoms with Crippen LogP contribution < -0.4 is 20.9 Å². The lowest BCUT2D eigenvalue weighted by molar-refractivity contribution is -0.347. The Morgan fingerprint density at radius 1 is 0.588 bits per heavy atom. The number of nitrogens with zero attached hydrogens (tertiary/aromatic N) is 7. The quantitative estimate of drug-likeness (QED) is 0.0172. The highest BCUT2D eigenvalue weighted by Crippen LogP contribution is 2.39. The van der Waals surface area contributed by atoms with Crippen molar-refractivity contribution in [1.29, 1.82) is 0 Å². The topological polar surface area (TPSA) is 522 Å². The number of para-hydroxylation sites is 1. The number of unbranched alkanes of at least 4 members (excludes halogenated alkanes) is 1. The van der Waals surface area contributed by atoms with E-state index in [1.807, 2.05) is 94.4 Å². The maximum absolute atomic E-state index is 15.2. The fraction of sp³-hybridized carbons (Fsp3) is 0.697. The highest BCUT2D eigenvalue weighted by molar-refractivity contribution is 5.98. The molecule has 1 unspecified atom stereocenters. The van der Waals surface area contributed by atoms with Crippen LogP contribution in [-0.2, 0) is 113 Å². The summed E-state index contributed by atoms with van der Waals surface area (Å²) in [7, 11) is 6.17. The second kappa shape index (κ2) is 61.3. The third-order valence-corrected chi connectivity index (χ3v) is 29.2. The summed E-state index contributed by atoms with van der Waals surface area (Å²) in [4.78, 5) is 164. The summed E-state index contributed by atoms with van der Waals surface area (Å²) < 4.78 is 59.9. The number of fused-ring (bicyclic) bond motifs is 3. The molecule has 0 spiro atoms. The standard InChI is InChI=1S/C109H164N10O29/c1-16-68(8)95(86(139-14)60-91(128)117-48-29-40-82(117)102(140-15)70(10)104(135)111-71(11)96(129)74-33-19-17-20-34-74)116(13)107(138)79(65(2)3)59-84(125)94(67(6)7)115(12)106(137)69(9)57-83(124)92(66(4)5)112-105(136)75(58-78(123)46-50-142-52-54-144-56-55-143-53-51-141-49-30-37-77(122)44-45-90(127)118-61-76-36-24-23-31-72(76)42-43-73-32-25-26-38-80(73)118)35-27-28-47-110-89(126)64-145-85-41-22-18-21-39-81-93(85)113-114-119(81)108-100(133)99(132)103(88(63-121)146-108)148-109-101(134)98(131)97(130)87(62-120)147-109/h17,19-20,23-26,31-34,36,38,65-71,75,79,82,85-88,92,94-103,108-109,120-121,129-134H,16,18,21-22,27-30,35,37,39-41,44-64H2,1-15H3,(H,110,126)(H,111,135)(H,112,136)/t68-,69+,70+,71+,75-,79-,82-,85?,86+,87+,88+,92-,94-,95-,96+,97+,98-,99+,100+,101+,102+,103+,108-,109+/m0/s1. The van der Waals surface area contributed by atoms with Gasteiger partial charge >= 0.3 is 0 Å². The van der Waals surface area contributed by atoms with E-state index in [9.17, 15) is 84.0 Å². The van der Waals surface area contributed by atoms with Crippen molar-refractivity contribution in [3.63, 3.8) is 0 Å². The van der Waals surface area contributed by atoms with Crippen LogP contribution in [0.5, 0.6) is 0 Å². The Labute approximate surface area is 870 Å². The third kappa shape index (κ3) is 34.3. The minimum absolute atomic E-state index is 0.00226. The molecule has 3 saturated heterocycles. The molecule has 3 fully saturated rings. The van der Waals surface area contributed by atoms with Gasteiger partial charge in [0, 0.05) is 122 Å². The number of aromatic nitrogens is 3. The number of hydrogen-bond donors (Lipinski definition) is 11. The van der Waals surface area contributed by atoms with E-state index in [2.05, 4.69) is 38.1 Å². The van der Waals surface area contributed by atoms with Crippen LogP contribution >= 0.6 is 0 Å². The number of aliphatic hydroxyl groups excluding tert-OH is 8. The molecule has 4 aliphatic heterocycles. The molecule has 1 aliphatic carbocycles. The van der Waals surface area contributed by atoms with Crippen molar-refractivity contribution in [3.05, 3.63) is 113 Å². The molecular weight excluding hydrogens is 1910 g/mol. The number of Topliss-reactive ketones (excluding diaryl/α,β-unsaturated/α-hetero) is 4. The molecule has 39 heteroatoms. The monoisotopic (exact) mass is 2080 g/mol. The van der Waals surface area contributed by atoms with Gasteiger partial charge in [0.1, 0.15) is 78.8 Å². The van der Waals surface area contributed by atoms with E-state index in [1.54, 1.807) is 82.3 Å². The molecule has 11 N–H and O–H groups in total. The molecular formula is C109H164N10O29. The zero-order valence-electron chi connectivity index (χ0n) is 88.9. The number of aliphatic hydroxyl groups is 8. The third-order valence-electron chi connectivity index (χ3n) is 29.2. The molecule has 7 amide bonds. The number of ether oxygens (including phenoxy) is 10. The first-order valence-electron chi connectivity index (χ1n) is 52.8. The first kappa shape index (κ1) is 122. The first-order valence-corrected chi connectivity index (χ1v) is 52.8. The molecule has 1 aromatic heterocycles. The summed E-state index contributed by atoms with van der Waals surface area (Å²) in [6, 6.07) is 20.3. The fourth-order valence-corrected chi connectivity index (χ4v) is 20.4. The van der Waals surface area contributed by atoms with Gasteiger partial charge in [-0.1, -0.05) is 173 Å². The average Bonchev–Trinajstić information content (AvgIpc) is 1.56. The highest BCUT2D eigenvalue weighted by atomic mass is 16.7. The van der Waals surface area contributed by atoms with E-state index < -0.39 is 195 Å². The number of ketones is 4. The smallest absolute Gasteiger partial charge is 0.246 e. The van der Waals surface area contributed by atoms with Gasteiger partial charge in [-0.2, -0.15) is 0 Å². The van der Waals surface area contributed by atoms with E-state index in [1.165, 1.54) is 30.8 Å². The number of likely N-dealkylation sites (N-methyl/N-ethyl adjacent to an activating group) is 2. The van der Waals surface area contributed by atoms with Crippen LogP contribution in [0, 0.1) is 59.2 Å². The molecule has 5 aliphatic rings. The van der Waals surface area contributed by atoms with Crippen LogP contribution in [0.1, 0.15) is 250 Å². The molecule has 0 saturated carbocycles. The van der Waals surface area contributed by atoms with Crippen molar-refractivity contribution < 1.29 is 141 Å². The first-order chi connectivity index (χ1) is 70.8. The van der Waals surface area contributed by atoms with Crippen molar-refractivity contribution in [1.82, 2.24) is 45.6 Å². The Kier molecular flexibility index (Phi) is 50.6. The number of benzene rings is 3. The molecule has 5 heterocycles. The van der Waals surface area contributed by atoms with Crippen LogP contribution in [0.15, 0.2) is 78.9 Å². The zero-order valence-corrected chi connectivity index (χ0v) is 88.9. The summed E-state index contributed by atoms with van der Waals surface area (Å²) in [5.41, 5.74) is 4.70. The molecule has 3 aromatic carbocycles. The maximum Gasteiger partial charge on any atom is 0.246 e. The van der Waals surface area contributed by atoms with Gasteiger partial charge in [-0.15, -0.1) is 5.10 Å². The molecule has 24 atom stereocenters. The number of carbonyl (C=O) groups excluding carboxylic acids is 11. The molecule has 4 aromatic rings. The van der Waals surface area contributed by atoms with Gasteiger partial charge in [-0.3, -0.25) is 52.7 Å². The summed E-state index contributed by atoms with van der Waals surface area (Å²) in [6.07, 6.45) is -14.4. The van der Waals surface area contributed by atoms with Crippen molar-refractivity contribution in [2.45, 2.75) is 327 Å². The van der Waals surface area contributed by atoms with E-state index in [-0.39, 0.29) is 157 Å². The maximum atomic E-state index is 15.2. The van der Waals surface area contributed by atoms with Gasteiger partial charge in [0.25, 0.3) is 0 Å². The largest absolute Gasteiger partial charge is 0.394 e. The number of likely N-dealkylation sites (tertiary alicyclic amines) is 1. The minimum Gasteiger partial charge on any atom is -0.394 e. The Morgan fingerprint density at radius 2 is 1.24 bits per heavy atom. The van der Waals surface area contributed by atoms with E-state index >= 15 is 9.59 Å². The summed E-state index contributed by atoms with van der Waals surface area (Å²) in [6.45, 7) is 20.4. The van der Waals surface area contributed by atoms with Gasteiger partial charge in [-0.05, 0) is 111 Å². The van der Waals surface area contributed by atoms with Crippen LogP contribution in [-0.4, -0.2) is 347 Å². The lowest BCUT2D eigenvalue weighted by Crippen LogP contribution is -2.63. The molecule has 9 rings (SSSR count). The Bertz CT molecular complexity index is 4940. The second-order valence-electron chi connectivity index (χ2n) is 41.0. The molecule has 824 valence electrons. The van der Waals surface area contributed by atoms with Crippen molar-refractivity contribution in [2.24, 2.45) is 47.3 Å². The van der Waals surface area contributed by atoms with Crippen LogP contribution in [0.25, 0.3) is 0 Å². The van der Waals surface area contributed by atoms with Crippen LogP contribution in [0.4, 0.5) is 5.69 Å². The molecule has 39 nitrogen and oxygen atoms in total. The Balaban J connectivity index is 0.764. The van der Waals surface area contributed by atoms with Gasteiger partial charge in [-0.25, -0.2) is 4.68 Å².